The fourth-order valence-corrected chi connectivity index (χ4v) is 2.99. The van der Waals surface area contributed by atoms with Crippen molar-refractivity contribution in [3.8, 4) is 23.1 Å². The average molecular weight is 407 g/mol. The van der Waals surface area contributed by atoms with Gasteiger partial charge in [-0.05, 0) is 18.2 Å². The average Bonchev–Trinajstić information content (AvgIpc) is 2.73. The van der Waals surface area contributed by atoms with E-state index in [2.05, 4.69) is 20.2 Å². The van der Waals surface area contributed by atoms with Crippen LogP contribution in [0.25, 0.3) is 11.3 Å². The first-order valence-corrected chi connectivity index (χ1v) is 8.99. The summed E-state index contributed by atoms with van der Waals surface area (Å²) in [6.07, 6.45) is -4.58. The molecule has 7 nitrogen and oxygen atoms in total. The lowest BCUT2D eigenvalue weighted by molar-refractivity contribution is -0.138. The number of alkyl halides is 3. The third kappa shape index (κ3) is 5.34. The molecule has 1 aliphatic heterocycles. The van der Waals surface area contributed by atoms with E-state index in [9.17, 15) is 18.4 Å². The van der Waals surface area contributed by atoms with Crippen LogP contribution in [-0.4, -0.2) is 61.4 Å². The Morgan fingerprint density at radius 2 is 2.00 bits per heavy atom. The zero-order valence-electron chi connectivity index (χ0n) is 15.8. The van der Waals surface area contributed by atoms with Gasteiger partial charge in [-0.25, -0.2) is 9.97 Å². The molecule has 154 valence electrons. The highest BCUT2D eigenvalue weighted by Gasteiger charge is 2.34. The van der Waals surface area contributed by atoms with Gasteiger partial charge in [-0.2, -0.15) is 18.4 Å². The number of hydrogen-bond acceptors (Lipinski definition) is 7. The number of nitriles is 1. The predicted molar refractivity (Wildman–Crippen MR) is 99.5 cm³/mol. The number of nitrogens with one attached hydrogen (secondary N) is 1. The van der Waals surface area contributed by atoms with Gasteiger partial charge in [-0.1, -0.05) is 0 Å². The minimum atomic E-state index is -4.58. The van der Waals surface area contributed by atoms with E-state index in [-0.39, 0.29) is 22.8 Å². The van der Waals surface area contributed by atoms with Gasteiger partial charge in [-0.15, -0.1) is 0 Å². The Labute approximate surface area is 166 Å². The van der Waals surface area contributed by atoms with Crippen LogP contribution in [0.15, 0.2) is 24.3 Å². The number of aromatic nitrogens is 2. The molecule has 2 heterocycles. The molecule has 2 aromatic rings. The first-order valence-electron chi connectivity index (χ1n) is 8.99. The molecule has 0 atom stereocenters. The molecule has 29 heavy (non-hydrogen) atoms. The molecule has 1 aliphatic rings. The van der Waals surface area contributed by atoms with Gasteiger partial charge in [0.2, 0.25) is 5.82 Å². The third-order valence-electron chi connectivity index (χ3n) is 4.46. The molecule has 1 fully saturated rings. The molecule has 3 rings (SSSR count). The summed E-state index contributed by atoms with van der Waals surface area (Å²) in [5.41, 5.74) is -0.469. The maximum atomic E-state index is 13.3. The SMILES string of the molecule is COc1ccc(-c2cc(NCCN3CCOCC3)nc(C#N)n2)cc1C(F)(F)F. The number of hydrogen-bond donors (Lipinski definition) is 1. The minimum absolute atomic E-state index is 0.124. The van der Waals surface area contributed by atoms with Gasteiger partial charge in [0.15, 0.2) is 0 Å². The Morgan fingerprint density at radius 1 is 1.24 bits per heavy atom. The normalized spacial score (nSPS) is 15.0. The second-order valence-corrected chi connectivity index (χ2v) is 6.37. The second-order valence-electron chi connectivity index (χ2n) is 6.37. The topological polar surface area (TPSA) is 83.3 Å². The van der Waals surface area contributed by atoms with Crippen molar-refractivity contribution in [2.75, 3.05) is 51.8 Å². The maximum Gasteiger partial charge on any atom is 0.419 e. The second kappa shape index (κ2) is 9.07. The molecule has 1 aromatic carbocycles. The smallest absolute Gasteiger partial charge is 0.419 e. The number of morpholine rings is 1. The number of ether oxygens (including phenoxy) is 2. The fraction of sp³-hybridized carbons (Fsp3) is 0.421. The summed E-state index contributed by atoms with van der Waals surface area (Å²) >= 11 is 0. The van der Waals surface area contributed by atoms with E-state index < -0.39 is 11.7 Å². The van der Waals surface area contributed by atoms with Gasteiger partial charge in [0.05, 0.1) is 31.6 Å². The van der Waals surface area contributed by atoms with Gasteiger partial charge >= 0.3 is 6.18 Å². The number of anilines is 1. The van der Waals surface area contributed by atoms with Gasteiger partial charge in [0.25, 0.3) is 0 Å². The first-order chi connectivity index (χ1) is 13.9. The lowest BCUT2D eigenvalue weighted by Gasteiger charge is -2.26. The molecule has 0 bridgehead atoms. The van der Waals surface area contributed by atoms with Crippen LogP contribution >= 0.6 is 0 Å². The standard InChI is InChI=1S/C19H20F3N5O2/c1-28-16-3-2-13(10-14(16)19(20,21)22)15-11-17(26-18(12-23)25-15)24-4-5-27-6-8-29-9-7-27/h2-3,10-11H,4-9H2,1H3,(H,24,25,26). The van der Waals surface area contributed by atoms with E-state index >= 15 is 0 Å². The van der Waals surface area contributed by atoms with Crippen molar-refractivity contribution in [2.24, 2.45) is 0 Å². The Kier molecular flexibility index (Phi) is 6.51. The molecule has 0 amide bonds. The van der Waals surface area contributed by atoms with E-state index in [1.165, 1.54) is 25.3 Å². The monoisotopic (exact) mass is 407 g/mol. The molecule has 1 N–H and O–H groups in total. The summed E-state index contributed by atoms with van der Waals surface area (Å²) < 4.78 is 50.0. The third-order valence-corrected chi connectivity index (χ3v) is 4.46. The van der Waals surface area contributed by atoms with Crippen LogP contribution in [0.3, 0.4) is 0 Å². The highest BCUT2D eigenvalue weighted by atomic mass is 19.4. The molecule has 0 spiro atoms. The minimum Gasteiger partial charge on any atom is -0.496 e. The van der Waals surface area contributed by atoms with Crippen molar-refractivity contribution in [3.05, 3.63) is 35.7 Å². The zero-order chi connectivity index (χ0) is 20.9. The van der Waals surface area contributed by atoms with Crippen molar-refractivity contribution >= 4 is 5.82 Å². The highest BCUT2D eigenvalue weighted by Crippen LogP contribution is 2.38. The Balaban J connectivity index is 1.82. The molecule has 0 saturated carbocycles. The lowest BCUT2D eigenvalue weighted by atomic mass is 10.1. The van der Waals surface area contributed by atoms with Gasteiger partial charge in [0, 0.05) is 37.8 Å². The number of benzene rings is 1. The van der Waals surface area contributed by atoms with Crippen LogP contribution in [-0.2, 0) is 10.9 Å². The fourth-order valence-electron chi connectivity index (χ4n) is 2.99. The van der Waals surface area contributed by atoms with Gasteiger partial charge < -0.3 is 14.8 Å². The Hall–Kier alpha value is -2.90. The molecular formula is C19H20F3N5O2. The first kappa shape index (κ1) is 20.8. The number of halogens is 3. The van der Waals surface area contributed by atoms with E-state index in [1.807, 2.05) is 6.07 Å². The number of rotatable bonds is 6. The van der Waals surface area contributed by atoms with E-state index in [4.69, 9.17) is 9.47 Å². The predicted octanol–water partition coefficient (Wildman–Crippen LogP) is 2.79. The molecular weight excluding hydrogens is 387 g/mol. The largest absolute Gasteiger partial charge is 0.496 e. The van der Waals surface area contributed by atoms with Crippen LogP contribution in [0.2, 0.25) is 0 Å². The van der Waals surface area contributed by atoms with Crippen LogP contribution in [0.5, 0.6) is 5.75 Å². The zero-order valence-corrected chi connectivity index (χ0v) is 15.8. The van der Waals surface area contributed by atoms with Crippen LogP contribution < -0.4 is 10.1 Å². The molecule has 0 unspecified atom stereocenters. The van der Waals surface area contributed by atoms with Crippen molar-refractivity contribution in [1.29, 1.82) is 5.26 Å². The van der Waals surface area contributed by atoms with Gasteiger partial charge in [0.1, 0.15) is 17.6 Å². The molecule has 1 saturated heterocycles. The van der Waals surface area contributed by atoms with Crippen molar-refractivity contribution < 1.29 is 22.6 Å². The van der Waals surface area contributed by atoms with Crippen molar-refractivity contribution in [3.63, 3.8) is 0 Å². The number of methoxy groups -OCH3 is 1. The molecule has 1 aromatic heterocycles. The summed E-state index contributed by atoms with van der Waals surface area (Å²) in [5, 5.41) is 12.3. The summed E-state index contributed by atoms with van der Waals surface area (Å²) in [7, 11) is 1.18. The molecule has 0 radical (unpaired) electrons. The van der Waals surface area contributed by atoms with E-state index in [0.717, 1.165) is 25.7 Å². The molecule has 10 heteroatoms. The quantitative estimate of drug-likeness (QED) is 0.788. The van der Waals surface area contributed by atoms with Crippen LogP contribution in [0.4, 0.5) is 19.0 Å². The van der Waals surface area contributed by atoms with Crippen molar-refractivity contribution in [2.45, 2.75) is 6.18 Å². The summed E-state index contributed by atoms with van der Waals surface area (Å²) in [6, 6.07) is 7.04. The highest BCUT2D eigenvalue weighted by molar-refractivity contribution is 5.65. The summed E-state index contributed by atoms with van der Waals surface area (Å²) in [4.78, 5) is 10.4. The molecule has 0 aliphatic carbocycles. The Morgan fingerprint density at radius 3 is 2.66 bits per heavy atom. The number of nitrogens with zero attached hydrogens (tertiary/aromatic N) is 4. The van der Waals surface area contributed by atoms with Gasteiger partial charge in [-0.3, -0.25) is 4.90 Å². The van der Waals surface area contributed by atoms with Crippen LogP contribution in [0, 0.1) is 11.3 Å². The van der Waals surface area contributed by atoms with Crippen molar-refractivity contribution in [1.82, 2.24) is 14.9 Å². The Bertz CT molecular complexity index is 892. The summed E-state index contributed by atoms with van der Waals surface area (Å²) in [6.45, 7) is 4.38. The maximum absolute atomic E-state index is 13.3. The van der Waals surface area contributed by atoms with E-state index in [1.54, 1.807) is 0 Å². The lowest BCUT2D eigenvalue weighted by Crippen LogP contribution is -2.39. The van der Waals surface area contributed by atoms with Crippen LogP contribution in [0.1, 0.15) is 11.4 Å². The summed E-state index contributed by atoms with van der Waals surface area (Å²) in [5.74, 6) is -0.0235. The van der Waals surface area contributed by atoms with E-state index in [0.29, 0.717) is 25.6 Å².